The lowest BCUT2D eigenvalue weighted by Crippen LogP contribution is -2.45. The van der Waals surface area contributed by atoms with Crippen molar-refractivity contribution in [2.24, 2.45) is 5.92 Å². The molecule has 2 aliphatic heterocycles. The number of carbonyl (C=O) groups excluding carboxylic acids is 1. The van der Waals surface area contributed by atoms with Gasteiger partial charge in [0.25, 0.3) is 0 Å². The van der Waals surface area contributed by atoms with E-state index in [4.69, 9.17) is 0 Å². The van der Waals surface area contributed by atoms with Crippen molar-refractivity contribution in [2.45, 2.75) is 44.2 Å². The van der Waals surface area contributed by atoms with Crippen LogP contribution in [0.2, 0.25) is 0 Å². The summed E-state index contributed by atoms with van der Waals surface area (Å²) in [6, 6.07) is -0.177. The fourth-order valence-corrected chi connectivity index (χ4v) is 4.17. The van der Waals surface area contributed by atoms with E-state index in [1.807, 2.05) is 12.3 Å². The monoisotopic (exact) mass is 309 g/mol. The molecule has 2 fully saturated rings. The molecule has 0 aliphatic carbocycles. The predicted octanol–water partition coefficient (Wildman–Crippen LogP) is 1.89. The van der Waals surface area contributed by atoms with E-state index in [1.54, 1.807) is 22.4 Å². The van der Waals surface area contributed by atoms with Crippen molar-refractivity contribution in [1.82, 2.24) is 15.2 Å². The molecule has 0 saturated carbocycles. The first-order chi connectivity index (χ1) is 10.1. The molecule has 6 nitrogen and oxygen atoms in total. The lowest BCUT2D eigenvalue weighted by atomic mass is 9.89. The molecule has 0 radical (unpaired) electrons. The molecule has 2 aliphatic rings. The Morgan fingerprint density at radius 1 is 1.57 bits per heavy atom. The maximum absolute atomic E-state index is 12.4. The van der Waals surface area contributed by atoms with Crippen molar-refractivity contribution in [1.29, 1.82) is 0 Å². The summed E-state index contributed by atoms with van der Waals surface area (Å²) in [7, 11) is 0. The molecule has 21 heavy (non-hydrogen) atoms. The SMILES string of the molecule is CC(CNC(=O)N1C2CCC1C(C(=O)O)C2)c1nccs1. The number of nitrogens with one attached hydrogen (secondary N) is 1. The number of aliphatic carboxylic acids is 1. The molecule has 2 N–H and O–H groups in total. The Balaban J connectivity index is 1.58. The van der Waals surface area contributed by atoms with Crippen LogP contribution in [0.25, 0.3) is 0 Å². The molecule has 3 rings (SSSR count). The molecule has 2 amide bonds. The number of urea groups is 1. The van der Waals surface area contributed by atoms with Crippen LogP contribution in [0, 0.1) is 5.92 Å². The largest absolute Gasteiger partial charge is 0.481 e. The van der Waals surface area contributed by atoms with Crippen LogP contribution in [-0.2, 0) is 4.79 Å². The molecular weight excluding hydrogens is 290 g/mol. The predicted molar refractivity (Wildman–Crippen MR) is 78.3 cm³/mol. The highest BCUT2D eigenvalue weighted by Crippen LogP contribution is 2.41. The highest BCUT2D eigenvalue weighted by molar-refractivity contribution is 7.09. The van der Waals surface area contributed by atoms with Gasteiger partial charge in [-0.3, -0.25) is 4.79 Å². The van der Waals surface area contributed by atoms with Gasteiger partial charge >= 0.3 is 12.0 Å². The van der Waals surface area contributed by atoms with Crippen LogP contribution in [0.3, 0.4) is 0 Å². The molecule has 1 aromatic rings. The summed E-state index contributed by atoms with van der Waals surface area (Å²) in [5, 5.41) is 15.1. The van der Waals surface area contributed by atoms with Gasteiger partial charge in [0.05, 0.1) is 10.9 Å². The Kier molecular flexibility index (Phi) is 3.84. The summed E-state index contributed by atoms with van der Waals surface area (Å²) >= 11 is 1.58. The number of carboxylic acid groups (broad SMARTS) is 1. The average Bonchev–Trinajstić information content (AvgIpc) is 3.18. The number of aromatic nitrogens is 1. The molecular formula is C14H19N3O3S. The Labute approximate surface area is 127 Å². The fraction of sp³-hybridized carbons (Fsp3) is 0.643. The van der Waals surface area contributed by atoms with Gasteiger partial charge in [0.15, 0.2) is 0 Å². The van der Waals surface area contributed by atoms with Crippen LogP contribution >= 0.6 is 11.3 Å². The zero-order valence-corrected chi connectivity index (χ0v) is 12.7. The summed E-state index contributed by atoms with van der Waals surface area (Å²) in [6.07, 6.45) is 4.08. The minimum absolute atomic E-state index is 0.0891. The quantitative estimate of drug-likeness (QED) is 0.890. The molecule has 0 spiro atoms. The Morgan fingerprint density at radius 3 is 3.00 bits per heavy atom. The van der Waals surface area contributed by atoms with Crippen LogP contribution in [0.4, 0.5) is 4.79 Å². The Hall–Kier alpha value is -1.63. The Morgan fingerprint density at radius 2 is 2.38 bits per heavy atom. The molecule has 0 aromatic carbocycles. The molecule has 7 heteroatoms. The Bertz CT molecular complexity index is 534. The van der Waals surface area contributed by atoms with Crippen LogP contribution in [-0.4, -0.2) is 45.6 Å². The average molecular weight is 309 g/mol. The topological polar surface area (TPSA) is 82.5 Å². The maximum Gasteiger partial charge on any atom is 0.317 e. The van der Waals surface area contributed by atoms with Gasteiger partial charge in [-0.2, -0.15) is 0 Å². The first-order valence-electron chi connectivity index (χ1n) is 7.26. The van der Waals surface area contributed by atoms with Crippen LogP contribution in [0.5, 0.6) is 0 Å². The van der Waals surface area contributed by atoms with Gasteiger partial charge in [0.1, 0.15) is 0 Å². The van der Waals surface area contributed by atoms with E-state index < -0.39 is 11.9 Å². The second-order valence-corrected chi connectivity index (χ2v) is 6.77. The number of rotatable bonds is 4. The van der Waals surface area contributed by atoms with Crippen LogP contribution < -0.4 is 5.32 Å². The maximum atomic E-state index is 12.4. The second-order valence-electron chi connectivity index (χ2n) is 5.84. The summed E-state index contributed by atoms with van der Waals surface area (Å²) in [6.45, 7) is 2.55. The highest BCUT2D eigenvalue weighted by atomic mass is 32.1. The number of nitrogens with zero attached hydrogens (tertiary/aromatic N) is 2. The number of carbonyl (C=O) groups is 2. The van der Waals surface area contributed by atoms with Crippen molar-refractivity contribution in [3.05, 3.63) is 16.6 Å². The molecule has 3 heterocycles. The summed E-state index contributed by atoms with van der Waals surface area (Å²) in [4.78, 5) is 29.6. The molecule has 4 atom stereocenters. The molecule has 2 saturated heterocycles. The van der Waals surface area contributed by atoms with Crippen LogP contribution in [0.1, 0.15) is 37.1 Å². The molecule has 4 unspecified atom stereocenters. The van der Waals surface area contributed by atoms with E-state index >= 15 is 0 Å². The number of thiazole rings is 1. The zero-order valence-electron chi connectivity index (χ0n) is 11.9. The van der Waals surface area contributed by atoms with Crippen molar-refractivity contribution in [3.63, 3.8) is 0 Å². The number of amides is 2. The van der Waals surface area contributed by atoms with Gasteiger partial charge in [-0.1, -0.05) is 6.92 Å². The third kappa shape index (κ3) is 2.62. The van der Waals surface area contributed by atoms with Gasteiger partial charge in [-0.15, -0.1) is 11.3 Å². The van der Waals surface area contributed by atoms with Crippen LogP contribution in [0.15, 0.2) is 11.6 Å². The first-order valence-corrected chi connectivity index (χ1v) is 8.14. The van der Waals surface area contributed by atoms with E-state index in [0.29, 0.717) is 13.0 Å². The second kappa shape index (κ2) is 5.63. The van der Waals surface area contributed by atoms with Gasteiger partial charge in [0, 0.05) is 36.1 Å². The normalized spacial score (nSPS) is 28.6. The number of hydrogen-bond acceptors (Lipinski definition) is 4. The molecule has 1 aromatic heterocycles. The minimum atomic E-state index is -0.781. The highest BCUT2D eigenvalue weighted by Gasteiger charge is 2.51. The summed E-state index contributed by atoms with van der Waals surface area (Å²) in [5.41, 5.74) is 0. The van der Waals surface area contributed by atoms with E-state index in [1.165, 1.54) is 0 Å². The molecule has 114 valence electrons. The number of fused-ring (bicyclic) bond motifs is 2. The van der Waals surface area contributed by atoms with Gasteiger partial charge in [-0.25, -0.2) is 9.78 Å². The number of hydrogen-bond donors (Lipinski definition) is 2. The lowest BCUT2D eigenvalue weighted by molar-refractivity contribution is -0.142. The van der Waals surface area contributed by atoms with E-state index in [2.05, 4.69) is 10.3 Å². The van der Waals surface area contributed by atoms with Gasteiger partial charge in [-0.05, 0) is 19.3 Å². The van der Waals surface area contributed by atoms with Crippen molar-refractivity contribution >= 4 is 23.3 Å². The summed E-state index contributed by atoms with van der Waals surface area (Å²) < 4.78 is 0. The van der Waals surface area contributed by atoms with Gasteiger partial charge < -0.3 is 15.3 Å². The van der Waals surface area contributed by atoms with Crippen molar-refractivity contribution in [3.8, 4) is 0 Å². The molecule has 2 bridgehead atoms. The van der Waals surface area contributed by atoms with Gasteiger partial charge in [0.2, 0.25) is 0 Å². The smallest absolute Gasteiger partial charge is 0.317 e. The van der Waals surface area contributed by atoms with E-state index in [9.17, 15) is 14.7 Å². The van der Waals surface area contributed by atoms with Crippen molar-refractivity contribution < 1.29 is 14.7 Å². The summed E-state index contributed by atoms with van der Waals surface area (Å²) in [5.74, 6) is -1.01. The third-order valence-corrected chi connectivity index (χ3v) is 5.53. The van der Waals surface area contributed by atoms with E-state index in [0.717, 1.165) is 17.8 Å². The zero-order chi connectivity index (χ0) is 15.0. The third-order valence-electron chi connectivity index (χ3n) is 4.52. The first kappa shape index (κ1) is 14.3. The van der Waals surface area contributed by atoms with Crippen molar-refractivity contribution in [2.75, 3.05) is 6.54 Å². The number of carboxylic acids is 1. The lowest BCUT2D eigenvalue weighted by Gasteiger charge is -2.24. The fourth-order valence-electron chi connectivity index (χ4n) is 3.47. The minimum Gasteiger partial charge on any atom is -0.481 e. The van der Waals surface area contributed by atoms with E-state index in [-0.39, 0.29) is 24.0 Å². The standard InChI is InChI=1S/C14H19N3O3S/c1-8(12-15-4-5-21-12)7-16-14(20)17-9-2-3-11(17)10(6-9)13(18)19/h4-5,8-11H,2-3,6-7H2,1H3,(H,16,20)(H,18,19).